The molecule has 0 radical (unpaired) electrons. The molecule has 0 bridgehead atoms. The second-order valence-corrected chi connectivity index (χ2v) is 3.46. The van der Waals surface area contributed by atoms with Gasteiger partial charge in [0.2, 0.25) is 0 Å². The number of hydrogen-bond acceptors (Lipinski definition) is 4. The van der Waals surface area contributed by atoms with Gasteiger partial charge in [0.25, 0.3) is 5.91 Å². The number of hydrogen-bond donors (Lipinski definition) is 2. The normalized spacial score (nSPS) is 10.4. The highest BCUT2D eigenvalue weighted by Gasteiger charge is 2.15. The summed E-state index contributed by atoms with van der Waals surface area (Å²) < 4.78 is 10.3. The maximum absolute atomic E-state index is 11.9. The summed E-state index contributed by atoms with van der Waals surface area (Å²) in [5, 5.41) is 2.74. The summed E-state index contributed by atoms with van der Waals surface area (Å²) in [6.07, 6.45) is 3.58. The molecular weight excluding hydrogens is 232 g/mol. The Kier molecular flexibility index (Phi) is 5.73. The van der Waals surface area contributed by atoms with Gasteiger partial charge in [-0.1, -0.05) is 18.2 Å². The molecule has 0 aliphatic heterocycles. The summed E-state index contributed by atoms with van der Waals surface area (Å²) in [6.45, 7) is 0.884. The lowest BCUT2D eigenvalue weighted by molar-refractivity contribution is 0.0954. The van der Waals surface area contributed by atoms with Gasteiger partial charge < -0.3 is 20.5 Å². The number of carbonyl (C=O) groups is 1. The molecule has 0 fully saturated rings. The lowest BCUT2D eigenvalue weighted by Gasteiger charge is -2.11. The van der Waals surface area contributed by atoms with Gasteiger partial charge in [0.05, 0.1) is 19.8 Å². The summed E-state index contributed by atoms with van der Waals surface area (Å²) >= 11 is 0. The SMILES string of the molecule is COc1cccc(C(=O)NC/C=C/CN)c1OC. The van der Waals surface area contributed by atoms with Gasteiger partial charge in [0, 0.05) is 13.1 Å². The fraction of sp³-hybridized carbons (Fsp3) is 0.308. The quantitative estimate of drug-likeness (QED) is 0.737. The van der Waals surface area contributed by atoms with Gasteiger partial charge in [-0.3, -0.25) is 4.79 Å². The van der Waals surface area contributed by atoms with Crippen LogP contribution < -0.4 is 20.5 Å². The van der Waals surface area contributed by atoms with Crippen LogP contribution in [0.4, 0.5) is 0 Å². The molecule has 18 heavy (non-hydrogen) atoms. The standard InChI is InChI=1S/C13H18N2O3/c1-17-11-7-5-6-10(12(11)18-2)13(16)15-9-4-3-8-14/h3-7H,8-9,14H2,1-2H3,(H,15,16)/b4-3+. The number of para-hydroxylation sites is 1. The Bertz CT molecular complexity index is 430. The van der Waals surface area contributed by atoms with E-state index in [4.69, 9.17) is 15.2 Å². The number of nitrogens with one attached hydrogen (secondary N) is 1. The van der Waals surface area contributed by atoms with Crippen molar-refractivity contribution in [1.29, 1.82) is 0 Å². The molecule has 0 heterocycles. The first kappa shape index (κ1) is 14.1. The molecule has 1 rings (SSSR count). The Balaban J connectivity index is 2.81. The second-order valence-electron chi connectivity index (χ2n) is 3.46. The molecule has 0 saturated heterocycles. The van der Waals surface area contributed by atoms with Crippen LogP contribution in [-0.4, -0.2) is 33.2 Å². The van der Waals surface area contributed by atoms with Crippen LogP contribution in [-0.2, 0) is 0 Å². The Morgan fingerprint density at radius 2 is 2.11 bits per heavy atom. The highest BCUT2D eigenvalue weighted by atomic mass is 16.5. The molecule has 1 aromatic carbocycles. The van der Waals surface area contributed by atoms with E-state index in [9.17, 15) is 4.79 Å². The summed E-state index contributed by atoms with van der Waals surface area (Å²) in [6, 6.07) is 5.17. The number of nitrogens with two attached hydrogens (primary N) is 1. The van der Waals surface area contributed by atoms with Gasteiger partial charge in [-0.15, -0.1) is 0 Å². The van der Waals surface area contributed by atoms with Gasteiger partial charge in [0.1, 0.15) is 0 Å². The third kappa shape index (κ3) is 3.49. The third-order valence-corrected chi connectivity index (χ3v) is 2.33. The van der Waals surface area contributed by atoms with Crippen molar-refractivity contribution < 1.29 is 14.3 Å². The molecule has 1 amide bonds. The number of rotatable bonds is 6. The van der Waals surface area contributed by atoms with Crippen LogP contribution in [0.5, 0.6) is 11.5 Å². The number of carbonyl (C=O) groups excluding carboxylic acids is 1. The zero-order valence-electron chi connectivity index (χ0n) is 10.6. The van der Waals surface area contributed by atoms with Gasteiger partial charge in [0.15, 0.2) is 11.5 Å². The predicted octanol–water partition coefficient (Wildman–Crippen LogP) is 0.949. The number of amides is 1. The fourth-order valence-electron chi connectivity index (χ4n) is 1.49. The first-order valence-electron chi connectivity index (χ1n) is 5.58. The average molecular weight is 250 g/mol. The van der Waals surface area contributed by atoms with Crippen molar-refractivity contribution in [3.63, 3.8) is 0 Å². The molecule has 0 aliphatic rings. The van der Waals surface area contributed by atoms with Crippen molar-refractivity contribution >= 4 is 5.91 Å². The van der Waals surface area contributed by atoms with Crippen LogP contribution in [0, 0.1) is 0 Å². The zero-order chi connectivity index (χ0) is 13.4. The molecular formula is C13H18N2O3. The van der Waals surface area contributed by atoms with Crippen molar-refractivity contribution in [3.05, 3.63) is 35.9 Å². The molecule has 0 aliphatic carbocycles. The Morgan fingerprint density at radius 1 is 1.33 bits per heavy atom. The molecule has 5 heteroatoms. The van der Waals surface area contributed by atoms with E-state index in [2.05, 4.69) is 5.32 Å². The zero-order valence-corrected chi connectivity index (χ0v) is 10.6. The molecule has 0 spiro atoms. The molecule has 0 atom stereocenters. The fourth-order valence-corrected chi connectivity index (χ4v) is 1.49. The maximum atomic E-state index is 11.9. The maximum Gasteiger partial charge on any atom is 0.255 e. The molecule has 5 nitrogen and oxygen atoms in total. The van der Waals surface area contributed by atoms with Crippen LogP contribution in [0.3, 0.4) is 0 Å². The highest BCUT2D eigenvalue weighted by molar-refractivity contribution is 5.97. The summed E-state index contributed by atoms with van der Waals surface area (Å²) in [4.78, 5) is 11.9. The van der Waals surface area contributed by atoms with Crippen molar-refractivity contribution in [3.8, 4) is 11.5 Å². The largest absolute Gasteiger partial charge is 0.493 e. The first-order valence-corrected chi connectivity index (χ1v) is 5.58. The average Bonchev–Trinajstić information content (AvgIpc) is 2.42. The third-order valence-electron chi connectivity index (χ3n) is 2.33. The van der Waals surface area contributed by atoms with Crippen molar-refractivity contribution in [2.24, 2.45) is 5.73 Å². The van der Waals surface area contributed by atoms with Crippen molar-refractivity contribution in [2.75, 3.05) is 27.3 Å². The van der Waals surface area contributed by atoms with Crippen LogP contribution in [0.2, 0.25) is 0 Å². The topological polar surface area (TPSA) is 73.6 Å². The summed E-state index contributed by atoms with van der Waals surface area (Å²) in [5.41, 5.74) is 5.75. The highest BCUT2D eigenvalue weighted by Crippen LogP contribution is 2.30. The van der Waals surface area contributed by atoms with Gasteiger partial charge >= 0.3 is 0 Å². The lowest BCUT2D eigenvalue weighted by atomic mass is 10.1. The number of methoxy groups -OCH3 is 2. The monoisotopic (exact) mass is 250 g/mol. The minimum atomic E-state index is -0.215. The summed E-state index contributed by atoms with van der Waals surface area (Å²) in [7, 11) is 3.03. The van der Waals surface area contributed by atoms with Crippen molar-refractivity contribution in [1.82, 2.24) is 5.32 Å². The molecule has 0 unspecified atom stereocenters. The first-order chi connectivity index (χ1) is 8.74. The van der Waals surface area contributed by atoms with Gasteiger partial charge in [-0.2, -0.15) is 0 Å². The molecule has 0 aromatic heterocycles. The second kappa shape index (κ2) is 7.34. The minimum Gasteiger partial charge on any atom is -0.493 e. The lowest BCUT2D eigenvalue weighted by Crippen LogP contribution is -2.24. The smallest absolute Gasteiger partial charge is 0.255 e. The Labute approximate surface area is 107 Å². The number of benzene rings is 1. The van der Waals surface area contributed by atoms with E-state index in [1.54, 1.807) is 30.4 Å². The van der Waals surface area contributed by atoms with E-state index in [1.807, 2.05) is 0 Å². The van der Waals surface area contributed by atoms with Gasteiger partial charge in [-0.05, 0) is 12.1 Å². The molecule has 3 N–H and O–H groups in total. The molecule has 1 aromatic rings. The molecule has 98 valence electrons. The van der Waals surface area contributed by atoms with E-state index in [-0.39, 0.29) is 5.91 Å². The van der Waals surface area contributed by atoms with Crippen LogP contribution >= 0.6 is 0 Å². The number of ether oxygens (including phenoxy) is 2. The van der Waals surface area contributed by atoms with Crippen molar-refractivity contribution in [2.45, 2.75) is 0 Å². The van der Waals surface area contributed by atoms with E-state index >= 15 is 0 Å². The predicted molar refractivity (Wildman–Crippen MR) is 70.1 cm³/mol. The van der Waals surface area contributed by atoms with E-state index < -0.39 is 0 Å². The Morgan fingerprint density at radius 3 is 2.72 bits per heavy atom. The van der Waals surface area contributed by atoms with Crippen LogP contribution in [0.25, 0.3) is 0 Å². The minimum absolute atomic E-state index is 0.215. The van der Waals surface area contributed by atoms with Crippen LogP contribution in [0.15, 0.2) is 30.4 Å². The molecule has 0 saturated carbocycles. The van der Waals surface area contributed by atoms with E-state index in [1.165, 1.54) is 14.2 Å². The summed E-state index contributed by atoms with van der Waals surface area (Å²) in [5.74, 6) is 0.746. The van der Waals surface area contributed by atoms with Crippen LogP contribution in [0.1, 0.15) is 10.4 Å². The van der Waals surface area contributed by atoms with E-state index in [0.717, 1.165) is 0 Å². The van der Waals surface area contributed by atoms with E-state index in [0.29, 0.717) is 30.2 Å². The Hall–Kier alpha value is -2.01. The van der Waals surface area contributed by atoms with Gasteiger partial charge in [-0.25, -0.2) is 0 Å².